The van der Waals surface area contributed by atoms with Gasteiger partial charge in [0.25, 0.3) is 0 Å². The van der Waals surface area contributed by atoms with Crippen LogP contribution in [0.25, 0.3) is 0 Å². The minimum absolute atomic E-state index is 0.153. The van der Waals surface area contributed by atoms with Gasteiger partial charge in [-0.15, -0.1) is 0 Å². The second-order valence-electron chi connectivity index (χ2n) is 7.05. The van der Waals surface area contributed by atoms with Crippen LogP contribution in [0, 0.1) is 0 Å². The third kappa shape index (κ3) is 5.19. The monoisotopic (exact) mass is 337 g/mol. The van der Waals surface area contributed by atoms with E-state index in [1.165, 1.54) is 49.8 Å². The Morgan fingerprint density at radius 1 is 0.680 bits per heavy atom. The highest BCUT2D eigenvalue weighted by atomic mass is 15.1. The van der Waals surface area contributed by atoms with Crippen LogP contribution in [0.2, 0.25) is 0 Å². The summed E-state index contributed by atoms with van der Waals surface area (Å²) in [6.45, 7) is 10.4. The first-order chi connectivity index (χ1) is 12.3. The zero-order valence-corrected chi connectivity index (χ0v) is 16.4. The first-order valence-electron chi connectivity index (χ1n) is 10.1. The standard InChI is InChI=1S/C24H35N/c1-4-19-24(22-15-9-7-10-16-22,23-17-11-8-12-18-23)20-13-14-21-25(5-2)6-3/h7-12,15-18H,4-6,13-14,19-21H2,1-3H3. The van der Waals surface area contributed by atoms with Crippen molar-refractivity contribution in [3.63, 3.8) is 0 Å². The van der Waals surface area contributed by atoms with Crippen molar-refractivity contribution in [3.8, 4) is 0 Å². The zero-order valence-electron chi connectivity index (χ0n) is 16.4. The Morgan fingerprint density at radius 2 is 1.20 bits per heavy atom. The molecular formula is C24H35N. The largest absolute Gasteiger partial charge is 0.304 e. The third-order valence-corrected chi connectivity index (χ3v) is 5.55. The zero-order chi connectivity index (χ0) is 18.0. The molecule has 0 N–H and O–H groups in total. The van der Waals surface area contributed by atoms with E-state index in [-0.39, 0.29) is 5.41 Å². The van der Waals surface area contributed by atoms with Crippen molar-refractivity contribution in [2.75, 3.05) is 19.6 Å². The quantitative estimate of drug-likeness (QED) is 0.436. The van der Waals surface area contributed by atoms with Gasteiger partial charge in [-0.3, -0.25) is 0 Å². The average Bonchev–Trinajstić information content (AvgIpc) is 2.68. The lowest BCUT2D eigenvalue weighted by atomic mass is 9.68. The summed E-state index contributed by atoms with van der Waals surface area (Å²) in [6.07, 6.45) is 6.22. The first kappa shape index (κ1) is 19.7. The summed E-state index contributed by atoms with van der Waals surface area (Å²) < 4.78 is 0. The van der Waals surface area contributed by atoms with Gasteiger partial charge in [0.2, 0.25) is 0 Å². The molecule has 0 unspecified atom stereocenters. The van der Waals surface area contributed by atoms with E-state index in [4.69, 9.17) is 0 Å². The lowest BCUT2D eigenvalue weighted by molar-refractivity contribution is 0.288. The molecule has 0 bridgehead atoms. The molecule has 0 atom stereocenters. The Morgan fingerprint density at radius 3 is 1.64 bits per heavy atom. The number of unbranched alkanes of at least 4 members (excludes halogenated alkanes) is 1. The topological polar surface area (TPSA) is 3.24 Å². The summed E-state index contributed by atoms with van der Waals surface area (Å²) in [5.74, 6) is 0. The van der Waals surface area contributed by atoms with E-state index in [2.05, 4.69) is 86.3 Å². The van der Waals surface area contributed by atoms with E-state index >= 15 is 0 Å². The summed E-state index contributed by atoms with van der Waals surface area (Å²) in [5, 5.41) is 0. The van der Waals surface area contributed by atoms with Crippen LogP contribution in [0.1, 0.15) is 64.0 Å². The second kappa shape index (κ2) is 10.4. The van der Waals surface area contributed by atoms with Crippen molar-refractivity contribution in [1.29, 1.82) is 0 Å². The van der Waals surface area contributed by atoms with Crippen LogP contribution in [0.3, 0.4) is 0 Å². The number of rotatable bonds is 11. The average molecular weight is 338 g/mol. The molecule has 0 fully saturated rings. The maximum atomic E-state index is 2.53. The maximum absolute atomic E-state index is 2.53. The SMILES string of the molecule is CCCC(CCCCN(CC)CC)(c1ccccc1)c1ccccc1. The van der Waals surface area contributed by atoms with Gasteiger partial charge in [-0.2, -0.15) is 0 Å². The highest BCUT2D eigenvalue weighted by molar-refractivity contribution is 5.39. The van der Waals surface area contributed by atoms with Crippen LogP contribution in [0.15, 0.2) is 60.7 Å². The highest BCUT2D eigenvalue weighted by Gasteiger charge is 2.32. The molecule has 0 amide bonds. The molecule has 0 heterocycles. The molecule has 2 aromatic rings. The van der Waals surface area contributed by atoms with Crippen LogP contribution in [0.5, 0.6) is 0 Å². The van der Waals surface area contributed by atoms with Crippen molar-refractivity contribution in [3.05, 3.63) is 71.8 Å². The van der Waals surface area contributed by atoms with Crippen LogP contribution < -0.4 is 0 Å². The third-order valence-electron chi connectivity index (χ3n) is 5.55. The van der Waals surface area contributed by atoms with E-state index in [1.54, 1.807) is 0 Å². The molecule has 0 aliphatic carbocycles. The molecule has 0 saturated heterocycles. The molecule has 0 saturated carbocycles. The van der Waals surface area contributed by atoms with Gasteiger partial charge in [-0.1, -0.05) is 94.3 Å². The van der Waals surface area contributed by atoms with Gasteiger partial charge in [-0.05, 0) is 50.0 Å². The number of hydrogen-bond donors (Lipinski definition) is 0. The van der Waals surface area contributed by atoms with Crippen LogP contribution in [-0.2, 0) is 5.41 Å². The van der Waals surface area contributed by atoms with Crippen LogP contribution in [0.4, 0.5) is 0 Å². The Balaban J connectivity index is 2.22. The molecule has 25 heavy (non-hydrogen) atoms. The minimum Gasteiger partial charge on any atom is -0.304 e. The molecule has 0 aliphatic rings. The van der Waals surface area contributed by atoms with Gasteiger partial charge < -0.3 is 4.90 Å². The molecule has 0 aliphatic heterocycles. The highest BCUT2D eigenvalue weighted by Crippen LogP contribution is 2.41. The molecule has 2 aromatic carbocycles. The van der Waals surface area contributed by atoms with Gasteiger partial charge >= 0.3 is 0 Å². The lowest BCUT2D eigenvalue weighted by Gasteiger charge is -2.36. The van der Waals surface area contributed by atoms with E-state index < -0.39 is 0 Å². The van der Waals surface area contributed by atoms with Crippen LogP contribution >= 0.6 is 0 Å². The Hall–Kier alpha value is -1.60. The van der Waals surface area contributed by atoms with Gasteiger partial charge in [0.05, 0.1) is 0 Å². The predicted molar refractivity (Wildman–Crippen MR) is 110 cm³/mol. The van der Waals surface area contributed by atoms with Gasteiger partial charge in [0.1, 0.15) is 0 Å². The molecule has 0 radical (unpaired) electrons. The van der Waals surface area contributed by atoms with Crippen molar-refractivity contribution in [1.82, 2.24) is 4.90 Å². The summed E-state index contributed by atoms with van der Waals surface area (Å²) in [4.78, 5) is 2.53. The molecular weight excluding hydrogens is 302 g/mol. The molecule has 2 rings (SSSR count). The number of nitrogens with zero attached hydrogens (tertiary/aromatic N) is 1. The summed E-state index contributed by atoms with van der Waals surface area (Å²) >= 11 is 0. The Labute approximate surface area is 155 Å². The van der Waals surface area contributed by atoms with E-state index in [0.29, 0.717) is 0 Å². The van der Waals surface area contributed by atoms with E-state index in [1.807, 2.05) is 0 Å². The van der Waals surface area contributed by atoms with E-state index in [0.717, 1.165) is 13.1 Å². The molecule has 136 valence electrons. The van der Waals surface area contributed by atoms with Gasteiger partial charge in [-0.25, -0.2) is 0 Å². The number of benzene rings is 2. The van der Waals surface area contributed by atoms with Crippen molar-refractivity contribution in [2.45, 2.75) is 58.3 Å². The van der Waals surface area contributed by atoms with Gasteiger partial charge in [0, 0.05) is 5.41 Å². The summed E-state index contributed by atoms with van der Waals surface area (Å²) in [5.41, 5.74) is 3.11. The van der Waals surface area contributed by atoms with Crippen molar-refractivity contribution < 1.29 is 0 Å². The molecule has 1 heteroatoms. The fraction of sp³-hybridized carbons (Fsp3) is 0.500. The van der Waals surface area contributed by atoms with Crippen molar-refractivity contribution >= 4 is 0 Å². The Bertz CT molecular complexity index is 532. The smallest absolute Gasteiger partial charge is 0.0202 e. The summed E-state index contributed by atoms with van der Waals surface area (Å²) in [7, 11) is 0. The molecule has 0 spiro atoms. The molecule has 0 aromatic heterocycles. The van der Waals surface area contributed by atoms with Gasteiger partial charge in [0.15, 0.2) is 0 Å². The number of hydrogen-bond acceptors (Lipinski definition) is 1. The minimum atomic E-state index is 0.153. The van der Waals surface area contributed by atoms with Crippen molar-refractivity contribution in [2.24, 2.45) is 0 Å². The predicted octanol–water partition coefficient (Wildman–Crippen LogP) is 6.28. The fourth-order valence-electron chi connectivity index (χ4n) is 4.11. The maximum Gasteiger partial charge on any atom is 0.0202 e. The first-order valence-corrected chi connectivity index (χ1v) is 10.1. The Kier molecular flexibility index (Phi) is 8.21. The molecule has 1 nitrogen and oxygen atoms in total. The lowest BCUT2D eigenvalue weighted by Crippen LogP contribution is -2.29. The normalized spacial score (nSPS) is 11.8. The fourth-order valence-corrected chi connectivity index (χ4v) is 4.11. The second-order valence-corrected chi connectivity index (χ2v) is 7.05. The van der Waals surface area contributed by atoms with E-state index in [9.17, 15) is 0 Å². The summed E-state index contributed by atoms with van der Waals surface area (Å²) in [6, 6.07) is 22.3. The van der Waals surface area contributed by atoms with Crippen LogP contribution in [-0.4, -0.2) is 24.5 Å².